The number of hydrogen-bond acceptors (Lipinski definition) is 3. The monoisotopic (exact) mass is 279 g/mol. The molecule has 21 heavy (non-hydrogen) atoms. The Morgan fingerprint density at radius 1 is 1.00 bits per heavy atom. The number of benzene rings is 2. The summed E-state index contributed by atoms with van der Waals surface area (Å²) < 4.78 is 0. The zero-order valence-corrected chi connectivity index (χ0v) is 11.2. The highest BCUT2D eigenvalue weighted by molar-refractivity contribution is 6.29. The first-order valence-electron chi connectivity index (χ1n) is 6.77. The van der Waals surface area contributed by atoms with Gasteiger partial charge in [0, 0.05) is 17.8 Å². The predicted molar refractivity (Wildman–Crippen MR) is 80.1 cm³/mol. The lowest BCUT2D eigenvalue weighted by molar-refractivity contribution is -0.117. The smallest absolute Gasteiger partial charge is 0.336 e. The fourth-order valence-corrected chi connectivity index (χ4v) is 3.03. The molecule has 2 aliphatic heterocycles. The Kier molecular flexibility index (Phi) is 2.33. The third-order valence-corrected chi connectivity index (χ3v) is 4.03. The van der Waals surface area contributed by atoms with Crippen LogP contribution in [0.15, 0.2) is 48.5 Å². The van der Waals surface area contributed by atoms with Crippen LogP contribution in [-0.4, -0.2) is 18.0 Å². The Labute approximate surface area is 121 Å². The van der Waals surface area contributed by atoms with Gasteiger partial charge in [-0.1, -0.05) is 18.2 Å². The molecule has 0 aromatic heterocycles. The van der Waals surface area contributed by atoms with Crippen LogP contribution in [0.4, 0.5) is 21.9 Å². The maximum atomic E-state index is 12.6. The highest BCUT2D eigenvalue weighted by Gasteiger charge is 2.50. The van der Waals surface area contributed by atoms with Crippen molar-refractivity contribution in [1.29, 1.82) is 0 Å². The highest BCUT2D eigenvalue weighted by atomic mass is 16.2. The number of hydrogen-bond donors (Lipinski definition) is 1. The molecule has 1 fully saturated rings. The van der Waals surface area contributed by atoms with Crippen LogP contribution in [-0.2, 0) is 11.2 Å². The van der Waals surface area contributed by atoms with Crippen LogP contribution in [0.1, 0.15) is 5.56 Å². The van der Waals surface area contributed by atoms with E-state index in [-0.39, 0.29) is 11.9 Å². The van der Waals surface area contributed by atoms with Gasteiger partial charge in [0.25, 0.3) is 5.91 Å². The second-order valence-electron chi connectivity index (χ2n) is 5.27. The molecule has 5 nitrogen and oxygen atoms in total. The van der Waals surface area contributed by atoms with Crippen molar-refractivity contribution in [2.75, 3.05) is 15.5 Å². The molecule has 2 aromatic carbocycles. The zero-order valence-electron chi connectivity index (χ0n) is 11.2. The van der Waals surface area contributed by atoms with E-state index in [0.29, 0.717) is 17.8 Å². The summed E-state index contributed by atoms with van der Waals surface area (Å²) in [6, 6.07) is 13.7. The lowest BCUT2D eigenvalue weighted by Crippen LogP contribution is -2.32. The Morgan fingerprint density at radius 3 is 2.48 bits per heavy atom. The number of para-hydroxylation sites is 1. The van der Waals surface area contributed by atoms with Crippen molar-refractivity contribution in [1.82, 2.24) is 0 Å². The average molecular weight is 279 g/mol. The van der Waals surface area contributed by atoms with Gasteiger partial charge >= 0.3 is 6.03 Å². The normalized spacial score (nSPS) is 19.9. The molecule has 2 heterocycles. The number of rotatable bonds is 1. The molecular weight excluding hydrogens is 266 g/mol. The van der Waals surface area contributed by atoms with E-state index in [1.54, 1.807) is 29.2 Å². The van der Waals surface area contributed by atoms with Crippen LogP contribution in [0.5, 0.6) is 0 Å². The maximum absolute atomic E-state index is 12.6. The molecule has 2 aromatic rings. The first kappa shape index (κ1) is 12.0. The van der Waals surface area contributed by atoms with Crippen LogP contribution < -0.4 is 15.5 Å². The van der Waals surface area contributed by atoms with Crippen molar-refractivity contribution in [3.63, 3.8) is 0 Å². The number of fused-ring (bicyclic) bond motifs is 3. The quantitative estimate of drug-likeness (QED) is 0.642. The van der Waals surface area contributed by atoms with Gasteiger partial charge in [-0.15, -0.1) is 0 Å². The molecule has 3 amide bonds. The third-order valence-electron chi connectivity index (χ3n) is 4.03. The summed E-state index contributed by atoms with van der Waals surface area (Å²) in [6.45, 7) is 0. The number of nitrogens with zero attached hydrogens (tertiary/aromatic N) is 2. The molecule has 0 saturated carbocycles. The summed E-state index contributed by atoms with van der Waals surface area (Å²) in [4.78, 5) is 28.1. The van der Waals surface area contributed by atoms with E-state index in [1.807, 2.05) is 24.3 Å². The van der Waals surface area contributed by atoms with E-state index < -0.39 is 6.04 Å². The summed E-state index contributed by atoms with van der Waals surface area (Å²) in [5, 5.41) is 0. The lowest BCUT2D eigenvalue weighted by atomic mass is 10.1. The molecule has 0 aliphatic carbocycles. The molecule has 1 atom stereocenters. The number of amides is 3. The number of carbonyl (C=O) groups excluding carboxylic acids is 2. The lowest BCUT2D eigenvalue weighted by Gasteiger charge is -2.17. The minimum atomic E-state index is -0.424. The maximum Gasteiger partial charge on any atom is 0.336 e. The molecular formula is C16H13N3O2. The summed E-state index contributed by atoms with van der Waals surface area (Å²) in [5.74, 6) is -0.180. The molecule has 4 rings (SSSR count). The van der Waals surface area contributed by atoms with Gasteiger partial charge in [0.15, 0.2) is 0 Å². The number of nitrogen functional groups attached to an aromatic ring is 1. The van der Waals surface area contributed by atoms with E-state index in [1.165, 1.54) is 4.90 Å². The van der Waals surface area contributed by atoms with Gasteiger partial charge in [0.05, 0.1) is 5.69 Å². The summed E-state index contributed by atoms with van der Waals surface area (Å²) in [7, 11) is 0. The number of imide groups is 1. The van der Waals surface area contributed by atoms with Crippen LogP contribution in [0.3, 0.4) is 0 Å². The SMILES string of the molecule is Nc1ccc(N2C(=O)C3Cc4ccccc4N3C2=O)cc1. The molecule has 1 unspecified atom stereocenters. The predicted octanol–water partition coefficient (Wildman–Crippen LogP) is 2.17. The van der Waals surface area contributed by atoms with Crippen molar-refractivity contribution < 1.29 is 9.59 Å². The summed E-state index contributed by atoms with van der Waals surface area (Å²) >= 11 is 0. The summed E-state index contributed by atoms with van der Waals surface area (Å²) in [6.07, 6.45) is 0.576. The van der Waals surface area contributed by atoms with Crippen molar-refractivity contribution in [2.24, 2.45) is 0 Å². The second-order valence-corrected chi connectivity index (χ2v) is 5.27. The Morgan fingerprint density at radius 2 is 1.71 bits per heavy atom. The van der Waals surface area contributed by atoms with E-state index in [4.69, 9.17) is 5.73 Å². The highest BCUT2D eigenvalue weighted by Crippen LogP contribution is 2.39. The molecule has 0 bridgehead atoms. The van der Waals surface area contributed by atoms with Gasteiger partial charge < -0.3 is 5.73 Å². The first-order chi connectivity index (χ1) is 10.2. The molecule has 1 saturated heterocycles. The fraction of sp³-hybridized carbons (Fsp3) is 0.125. The molecule has 104 valence electrons. The molecule has 5 heteroatoms. The second kappa shape index (κ2) is 4.09. The van der Waals surface area contributed by atoms with Crippen LogP contribution in [0.25, 0.3) is 0 Å². The first-order valence-corrected chi connectivity index (χ1v) is 6.77. The largest absolute Gasteiger partial charge is 0.399 e. The third kappa shape index (κ3) is 1.57. The molecule has 2 aliphatic rings. The van der Waals surface area contributed by atoms with E-state index in [9.17, 15) is 9.59 Å². The van der Waals surface area contributed by atoms with Crippen molar-refractivity contribution in [3.8, 4) is 0 Å². The number of urea groups is 1. The van der Waals surface area contributed by atoms with Crippen LogP contribution in [0, 0.1) is 0 Å². The van der Waals surface area contributed by atoms with Crippen LogP contribution >= 0.6 is 0 Å². The van der Waals surface area contributed by atoms with Gasteiger partial charge in [-0.3, -0.25) is 9.69 Å². The van der Waals surface area contributed by atoms with Gasteiger partial charge in [0.1, 0.15) is 6.04 Å². The Hall–Kier alpha value is -2.82. The van der Waals surface area contributed by atoms with E-state index in [0.717, 1.165) is 11.3 Å². The molecule has 0 radical (unpaired) electrons. The number of carbonyl (C=O) groups is 2. The van der Waals surface area contributed by atoms with Crippen molar-refractivity contribution in [2.45, 2.75) is 12.5 Å². The van der Waals surface area contributed by atoms with Crippen molar-refractivity contribution >= 4 is 29.0 Å². The molecule has 2 N–H and O–H groups in total. The van der Waals surface area contributed by atoms with Gasteiger partial charge in [0.2, 0.25) is 0 Å². The summed E-state index contributed by atoms with van der Waals surface area (Å²) in [5.41, 5.74) is 8.69. The van der Waals surface area contributed by atoms with E-state index in [2.05, 4.69) is 0 Å². The van der Waals surface area contributed by atoms with Gasteiger partial charge in [-0.25, -0.2) is 9.69 Å². The van der Waals surface area contributed by atoms with Gasteiger partial charge in [-0.2, -0.15) is 0 Å². The fourth-order valence-electron chi connectivity index (χ4n) is 3.03. The number of nitrogens with two attached hydrogens (primary N) is 1. The molecule has 0 spiro atoms. The minimum Gasteiger partial charge on any atom is -0.399 e. The topological polar surface area (TPSA) is 66.6 Å². The van der Waals surface area contributed by atoms with Gasteiger partial charge in [-0.05, 0) is 35.9 Å². The van der Waals surface area contributed by atoms with E-state index >= 15 is 0 Å². The Balaban J connectivity index is 1.77. The average Bonchev–Trinajstić information content (AvgIpc) is 2.98. The zero-order chi connectivity index (χ0) is 14.6. The van der Waals surface area contributed by atoms with Crippen LogP contribution in [0.2, 0.25) is 0 Å². The number of anilines is 3. The van der Waals surface area contributed by atoms with Crippen molar-refractivity contribution in [3.05, 3.63) is 54.1 Å². The standard InChI is InChI=1S/C16H13N3O2/c17-11-5-7-12(8-6-11)18-15(20)14-9-10-3-1-2-4-13(10)19(14)16(18)21/h1-8,14H,9,17H2. The Bertz CT molecular complexity index is 754. The minimum absolute atomic E-state index is 0.180.